The van der Waals surface area contributed by atoms with Crippen LogP contribution >= 0.6 is 0 Å². The van der Waals surface area contributed by atoms with Gasteiger partial charge in [0.05, 0.1) is 19.7 Å². The summed E-state index contributed by atoms with van der Waals surface area (Å²) in [7, 11) is 2.97. The maximum atomic E-state index is 12.5. The van der Waals surface area contributed by atoms with Crippen molar-refractivity contribution in [1.29, 1.82) is 0 Å². The number of hydrogen-bond acceptors (Lipinski definition) is 4. The van der Waals surface area contributed by atoms with Gasteiger partial charge in [-0.05, 0) is 18.6 Å². The van der Waals surface area contributed by atoms with E-state index in [1.54, 1.807) is 29.9 Å². The Morgan fingerprint density at radius 2 is 1.91 bits per heavy atom. The van der Waals surface area contributed by atoms with E-state index in [0.717, 1.165) is 25.7 Å². The molecule has 0 bridgehead atoms. The first-order valence-electron chi connectivity index (χ1n) is 7.61. The van der Waals surface area contributed by atoms with Crippen molar-refractivity contribution in [3.8, 4) is 17.2 Å². The fourth-order valence-corrected chi connectivity index (χ4v) is 2.62. The van der Waals surface area contributed by atoms with Crippen LogP contribution in [0.4, 0.5) is 0 Å². The van der Waals surface area contributed by atoms with Crippen LogP contribution in [0.5, 0.6) is 17.2 Å². The molecule has 0 saturated heterocycles. The third-order valence-corrected chi connectivity index (χ3v) is 3.84. The van der Waals surface area contributed by atoms with Gasteiger partial charge in [0.25, 0.3) is 5.56 Å². The van der Waals surface area contributed by atoms with Crippen molar-refractivity contribution >= 4 is 10.9 Å². The molecule has 2 aromatic rings. The molecule has 0 saturated carbocycles. The molecule has 0 aliphatic carbocycles. The van der Waals surface area contributed by atoms with Crippen molar-refractivity contribution in [2.24, 2.45) is 0 Å². The summed E-state index contributed by atoms with van der Waals surface area (Å²) < 4.78 is 12.0. The van der Waals surface area contributed by atoms with Gasteiger partial charge in [0, 0.05) is 18.0 Å². The summed E-state index contributed by atoms with van der Waals surface area (Å²) in [5.41, 5.74) is 0.358. The van der Waals surface area contributed by atoms with Crippen molar-refractivity contribution in [1.82, 2.24) is 4.57 Å². The normalized spacial score (nSPS) is 10.9. The number of aryl methyl sites for hydroxylation is 1. The number of methoxy groups -OCH3 is 2. The highest BCUT2D eigenvalue weighted by molar-refractivity contribution is 5.88. The molecule has 120 valence electrons. The molecule has 0 radical (unpaired) electrons. The predicted octanol–water partition coefficient (Wildman–Crippen LogP) is 3.30. The van der Waals surface area contributed by atoms with Crippen molar-refractivity contribution in [3.63, 3.8) is 0 Å². The highest BCUT2D eigenvalue weighted by Crippen LogP contribution is 2.33. The van der Waals surface area contributed by atoms with Gasteiger partial charge < -0.3 is 19.1 Å². The maximum Gasteiger partial charge on any atom is 0.297 e. The van der Waals surface area contributed by atoms with Gasteiger partial charge in [-0.25, -0.2) is 0 Å². The van der Waals surface area contributed by atoms with Crippen LogP contribution in [0.25, 0.3) is 10.9 Å². The predicted molar refractivity (Wildman–Crippen MR) is 87.1 cm³/mol. The molecule has 0 unspecified atom stereocenters. The van der Waals surface area contributed by atoms with Crippen molar-refractivity contribution in [3.05, 3.63) is 28.6 Å². The molecule has 0 amide bonds. The Kier molecular flexibility index (Phi) is 5.31. The largest absolute Gasteiger partial charge is 0.504 e. The minimum atomic E-state index is -0.308. The van der Waals surface area contributed by atoms with Gasteiger partial charge in [-0.1, -0.05) is 26.2 Å². The molecule has 2 rings (SSSR count). The number of aromatic nitrogens is 1. The molecule has 5 heteroatoms. The van der Waals surface area contributed by atoms with E-state index in [9.17, 15) is 9.90 Å². The number of benzene rings is 1. The fourth-order valence-electron chi connectivity index (χ4n) is 2.62. The molecule has 0 fully saturated rings. The van der Waals surface area contributed by atoms with Gasteiger partial charge in [0.15, 0.2) is 5.75 Å². The lowest BCUT2D eigenvalue weighted by atomic mass is 10.1. The second kappa shape index (κ2) is 7.20. The molecule has 0 aliphatic heterocycles. The van der Waals surface area contributed by atoms with Gasteiger partial charge in [0.1, 0.15) is 5.75 Å². The first-order valence-corrected chi connectivity index (χ1v) is 7.61. The first-order chi connectivity index (χ1) is 10.6. The second-order valence-electron chi connectivity index (χ2n) is 5.28. The van der Waals surface area contributed by atoms with Crippen LogP contribution in [0.3, 0.4) is 0 Å². The highest BCUT2D eigenvalue weighted by atomic mass is 16.5. The topological polar surface area (TPSA) is 60.7 Å². The maximum absolute atomic E-state index is 12.5. The van der Waals surface area contributed by atoms with Gasteiger partial charge in [-0.3, -0.25) is 4.79 Å². The summed E-state index contributed by atoms with van der Waals surface area (Å²) in [5.74, 6) is 0.530. The van der Waals surface area contributed by atoms with E-state index in [-0.39, 0.29) is 17.1 Å². The quantitative estimate of drug-likeness (QED) is 0.797. The Bertz CT molecular complexity index is 706. The molecule has 1 aromatic heterocycles. The van der Waals surface area contributed by atoms with Gasteiger partial charge >= 0.3 is 0 Å². The van der Waals surface area contributed by atoms with Crippen molar-refractivity contribution in [2.75, 3.05) is 14.2 Å². The van der Waals surface area contributed by atoms with E-state index in [2.05, 4.69) is 6.92 Å². The molecule has 0 atom stereocenters. The van der Waals surface area contributed by atoms with Crippen LogP contribution in [0, 0.1) is 0 Å². The Hall–Kier alpha value is -2.17. The Morgan fingerprint density at radius 1 is 1.14 bits per heavy atom. The molecule has 5 nitrogen and oxygen atoms in total. The summed E-state index contributed by atoms with van der Waals surface area (Å²) in [4.78, 5) is 12.5. The molecule has 1 N–H and O–H groups in total. The van der Waals surface area contributed by atoms with Gasteiger partial charge in [-0.2, -0.15) is 0 Å². The zero-order valence-electron chi connectivity index (χ0n) is 13.4. The number of rotatable bonds is 7. The third-order valence-electron chi connectivity index (χ3n) is 3.84. The number of ether oxygens (including phenoxy) is 2. The lowest BCUT2D eigenvalue weighted by molar-refractivity contribution is 0.366. The van der Waals surface area contributed by atoms with E-state index >= 15 is 0 Å². The van der Waals surface area contributed by atoms with Crippen molar-refractivity contribution in [2.45, 2.75) is 39.2 Å². The van der Waals surface area contributed by atoms with Crippen LogP contribution < -0.4 is 15.0 Å². The summed E-state index contributed by atoms with van der Waals surface area (Å²) in [5, 5.41) is 10.8. The Balaban J connectivity index is 2.56. The van der Waals surface area contributed by atoms with Crippen LogP contribution in [0.2, 0.25) is 0 Å². The number of nitrogens with zero attached hydrogens (tertiary/aromatic N) is 1. The smallest absolute Gasteiger partial charge is 0.297 e. The average molecular weight is 305 g/mol. The summed E-state index contributed by atoms with van der Waals surface area (Å²) >= 11 is 0. The lowest BCUT2D eigenvalue weighted by Crippen LogP contribution is -2.22. The minimum absolute atomic E-state index is 0.00633. The first kappa shape index (κ1) is 16.2. The number of fused-ring (bicyclic) bond motifs is 1. The lowest BCUT2D eigenvalue weighted by Gasteiger charge is -2.15. The van der Waals surface area contributed by atoms with Crippen LogP contribution in [0.1, 0.15) is 32.6 Å². The second-order valence-corrected chi connectivity index (χ2v) is 5.28. The number of hydrogen-bond donors (Lipinski definition) is 1. The zero-order valence-corrected chi connectivity index (χ0v) is 13.4. The van der Waals surface area contributed by atoms with Gasteiger partial charge in [0.2, 0.25) is 5.75 Å². The number of aromatic hydroxyl groups is 1. The number of unbranched alkanes of at least 4 members (excludes halogenated alkanes) is 3. The van der Waals surface area contributed by atoms with E-state index in [0.29, 0.717) is 23.2 Å². The number of pyridine rings is 1. The van der Waals surface area contributed by atoms with E-state index < -0.39 is 0 Å². The molecule has 1 aromatic carbocycles. The molecule has 1 heterocycles. The molecule has 0 aliphatic rings. The van der Waals surface area contributed by atoms with Crippen LogP contribution in [-0.4, -0.2) is 23.9 Å². The molecule has 0 spiro atoms. The Morgan fingerprint density at radius 3 is 2.55 bits per heavy atom. The molecule has 22 heavy (non-hydrogen) atoms. The van der Waals surface area contributed by atoms with Crippen LogP contribution in [-0.2, 0) is 6.54 Å². The van der Waals surface area contributed by atoms with Crippen molar-refractivity contribution < 1.29 is 14.6 Å². The van der Waals surface area contributed by atoms with E-state index in [4.69, 9.17) is 9.47 Å². The molecular formula is C17H23NO4. The third kappa shape index (κ3) is 3.03. The summed E-state index contributed by atoms with van der Waals surface area (Å²) in [6.45, 7) is 2.75. The molecular weight excluding hydrogens is 282 g/mol. The zero-order chi connectivity index (χ0) is 16.1. The average Bonchev–Trinajstić information content (AvgIpc) is 2.54. The summed E-state index contributed by atoms with van der Waals surface area (Å²) in [6, 6.07) is 5.27. The highest BCUT2D eigenvalue weighted by Gasteiger charge is 2.17. The van der Waals surface area contributed by atoms with Crippen LogP contribution in [0.15, 0.2) is 23.0 Å². The monoisotopic (exact) mass is 305 g/mol. The Labute approximate surface area is 130 Å². The van der Waals surface area contributed by atoms with E-state index in [1.165, 1.54) is 7.11 Å². The standard InChI is InChI=1S/C17H23NO4/c1-4-5-6-7-10-18-14-11-12(21-2)8-9-13(14)15(19)16(22-3)17(18)20/h8-9,11,19H,4-7,10H2,1-3H3. The summed E-state index contributed by atoms with van der Waals surface area (Å²) in [6.07, 6.45) is 4.26. The SMILES string of the molecule is CCCCCCn1c(=O)c(OC)c(O)c2ccc(OC)cc21. The van der Waals surface area contributed by atoms with E-state index in [1.807, 2.05) is 0 Å². The van der Waals surface area contributed by atoms with Gasteiger partial charge in [-0.15, -0.1) is 0 Å². The fraction of sp³-hybridized carbons (Fsp3) is 0.471. The minimum Gasteiger partial charge on any atom is -0.504 e.